The third kappa shape index (κ3) is 3.07. The third-order valence-corrected chi connectivity index (χ3v) is 2.25. The SMILES string of the molecule is O=C1COc2ccc(OCCCCO)nc2N1. The van der Waals surface area contributed by atoms with Gasteiger partial charge in [0.2, 0.25) is 5.88 Å². The zero-order valence-electron chi connectivity index (χ0n) is 9.31. The molecule has 0 unspecified atom stereocenters. The number of nitrogens with zero attached hydrogens (tertiary/aromatic N) is 1. The molecule has 1 aliphatic rings. The van der Waals surface area contributed by atoms with Crippen LogP contribution in [0.1, 0.15) is 12.8 Å². The van der Waals surface area contributed by atoms with Gasteiger partial charge >= 0.3 is 0 Å². The lowest BCUT2D eigenvalue weighted by Crippen LogP contribution is -2.26. The van der Waals surface area contributed by atoms with Crippen molar-refractivity contribution in [1.29, 1.82) is 0 Å². The number of carbonyl (C=O) groups is 1. The summed E-state index contributed by atoms with van der Waals surface area (Å²) in [7, 11) is 0. The molecule has 1 aliphatic heterocycles. The molecule has 17 heavy (non-hydrogen) atoms. The summed E-state index contributed by atoms with van der Waals surface area (Å²) in [5.74, 6) is 1.16. The molecule has 0 saturated carbocycles. The average Bonchev–Trinajstić information content (AvgIpc) is 2.34. The number of amides is 1. The van der Waals surface area contributed by atoms with Gasteiger partial charge in [-0.1, -0.05) is 0 Å². The number of unbranched alkanes of at least 4 members (excludes halogenated alkanes) is 1. The predicted octanol–water partition coefficient (Wildman–Crippen LogP) is 0.564. The number of fused-ring (bicyclic) bond motifs is 1. The highest BCUT2D eigenvalue weighted by molar-refractivity contribution is 5.94. The Balaban J connectivity index is 1.95. The van der Waals surface area contributed by atoms with Crippen LogP contribution in [-0.2, 0) is 4.79 Å². The van der Waals surface area contributed by atoms with Gasteiger partial charge in [-0.3, -0.25) is 4.79 Å². The molecule has 1 aromatic rings. The number of hydrogen-bond acceptors (Lipinski definition) is 5. The highest BCUT2D eigenvalue weighted by Gasteiger charge is 2.17. The molecule has 1 aromatic heterocycles. The predicted molar refractivity (Wildman–Crippen MR) is 60.2 cm³/mol. The van der Waals surface area contributed by atoms with Crippen molar-refractivity contribution < 1.29 is 19.4 Å². The van der Waals surface area contributed by atoms with Gasteiger partial charge in [0.1, 0.15) is 0 Å². The summed E-state index contributed by atoms with van der Waals surface area (Å²) in [4.78, 5) is 15.2. The van der Waals surface area contributed by atoms with Crippen molar-refractivity contribution in [2.45, 2.75) is 12.8 Å². The van der Waals surface area contributed by atoms with Crippen LogP contribution in [0, 0.1) is 0 Å². The quantitative estimate of drug-likeness (QED) is 0.733. The van der Waals surface area contributed by atoms with Crippen LogP contribution < -0.4 is 14.8 Å². The molecule has 0 fully saturated rings. The zero-order valence-corrected chi connectivity index (χ0v) is 9.31. The molecule has 0 aromatic carbocycles. The van der Waals surface area contributed by atoms with E-state index in [9.17, 15) is 4.79 Å². The number of anilines is 1. The maximum Gasteiger partial charge on any atom is 0.263 e. The van der Waals surface area contributed by atoms with Crippen LogP contribution in [0.3, 0.4) is 0 Å². The van der Waals surface area contributed by atoms with Crippen molar-refractivity contribution in [3.05, 3.63) is 12.1 Å². The van der Waals surface area contributed by atoms with Gasteiger partial charge < -0.3 is 19.9 Å². The number of aliphatic hydroxyl groups is 1. The lowest BCUT2D eigenvalue weighted by Gasteiger charge is -2.17. The second kappa shape index (κ2) is 5.49. The molecular weight excluding hydrogens is 224 g/mol. The summed E-state index contributed by atoms with van der Waals surface area (Å²) >= 11 is 0. The number of pyridine rings is 1. The number of hydrogen-bond donors (Lipinski definition) is 2. The van der Waals surface area contributed by atoms with Crippen molar-refractivity contribution in [1.82, 2.24) is 4.98 Å². The van der Waals surface area contributed by atoms with E-state index in [0.717, 1.165) is 6.42 Å². The van der Waals surface area contributed by atoms with E-state index in [1.807, 2.05) is 0 Å². The summed E-state index contributed by atoms with van der Waals surface area (Å²) in [6.45, 7) is 0.664. The first kappa shape index (κ1) is 11.7. The monoisotopic (exact) mass is 238 g/mol. The van der Waals surface area contributed by atoms with Crippen molar-refractivity contribution in [3.8, 4) is 11.6 Å². The lowest BCUT2D eigenvalue weighted by atomic mass is 10.3. The molecule has 0 radical (unpaired) electrons. The van der Waals surface area contributed by atoms with Gasteiger partial charge in [-0.2, -0.15) is 4.98 Å². The third-order valence-electron chi connectivity index (χ3n) is 2.25. The van der Waals surface area contributed by atoms with Gasteiger partial charge in [-0.15, -0.1) is 0 Å². The highest BCUT2D eigenvalue weighted by Crippen LogP contribution is 2.27. The first-order valence-electron chi connectivity index (χ1n) is 5.47. The summed E-state index contributed by atoms with van der Waals surface area (Å²) < 4.78 is 10.6. The van der Waals surface area contributed by atoms with Crippen LogP contribution >= 0.6 is 0 Å². The first-order chi connectivity index (χ1) is 8.29. The molecule has 2 heterocycles. The van der Waals surface area contributed by atoms with Crippen LogP contribution in [-0.4, -0.2) is 35.8 Å². The molecule has 0 bridgehead atoms. The van der Waals surface area contributed by atoms with E-state index in [0.29, 0.717) is 30.5 Å². The Hall–Kier alpha value is -1.82. The van der Waals surface area contributed by atoms with Gasteiger partial charge in [-0.05, 0) is 18.9 Å². The minimum absolute atomic E-state index is 0.0192. The molecule has 0 spiro atoms. The fourth-order valence-corrected chi connectivity index (χ4v) is 1.42. The Morgan fingerprint density at radius 2 is 2.35 bits per heavy atom. The summed E-state index contributed by atoms with van der Waals surface area (Å²) in [5.41, 5.74) is 0. The molecule has 92 valence electrons. The lowest BCUT2D eigenvalue weighted by molar-refractivity contribution is -0.118. The van der Waals surface area contributed by atoms with Crippen LogP contribution in [0.5, 0.6) is 11.6 Å². The first-order valence-corrected chi connectivity index (χ1v) is 5.47. The van der Waals surface area contributed by atoms with Crippen molar-refractivity contribution >= 4 is 11.7 Å². The zero-order chi connectivity index (χ0) is 12.1. The Labute approximate surface area is 98.6 Å². The molecule has 6 nitrogen and oxygen atoms in total. The maximum atomic E-state index is 11.1. The second-order valence-corrected chi connectivity index (χ2v) is 3.61. The number of rotatable bonds is 5. The number of ether oxygens (including phenoxy) is 2. The standard InChI is InChI=1S/C11H14N2O4/c14-5-1-2-6-16-10-4-3-8-11(13-10)12-9(15)7-17-8/h3-4,14H,1-2,5-7H2,(H,12,13,15). The van der Waals surface area contributed by atoms with Crippen molar-refractivity contribution in [3.63, 3.8) is 0 Å². The van der Waals surface area contributed by atoms with E-state index in [-0.39, 0.29) is 19.1 Å². The molecule has 0 aliphatic carbocycles. The minimum atomic E-state index is -0.220. The molecule has 1 amide bonds. The Kier molecular flexibility index (Phi) is 3.77. The minimum Gasteiger partial charge on any atom is -0.480 e. The van der Waals surface area contributed by atoms with Crippen LogP contribution in [0.2, 0.25) is 0 Å². The molecule has 0 saturated heterocycles. The fourth-order valence-electron chi connectivity index (χ4n) is 1.42. The van der Waals surface area contributed by atoms with Crippen LogP contribution in [0.4, 0.5) is 5.82 Å². The van der Waals surface area contributed by atoms with Gasteiger partial charge in [0, 0.05) is 12.7 Å². The summed E-state index contributed by atoms with van der Waals surface area (Å²) in [6, 6.07) is 3.40. The highest BCUT2D eigenvalue weighted by atomic mass is 16.5. The molecule has 2 N–H and O–H groups in total. The number of aliphatic hydroxyl groups excluding tert-OH is 1. The van der Waals surface area contributed by atoms with Gasteiger partial charge in [0.05, 0.1) is 6.61 Å². The molecule has 6 heteroatoms. The Bertz CT molecular complexity index is 408. The molecular formula is C11H14N2O4. The van der Waals surface area contributed by atoms with E-state index in [1.54, 1.807) is 12.1 Å². The van der Waals surface area contributed by atoms with E-state index in [4.69, 9.17) is 14.6 Å². The smallest absolute Gasteiger partial charge is 0.263 e. The summed E-state index contributed by atoms with van der Waals surface area (Å²) in [6.07, 6.45) is 1.46. The van der Waals surface area contributed by atoms with Gasteiger partial charge in [0.25, 0.3) is 5.91 Å². The van der Waals surface area contributed by atoms with Crippen molar-refractivity contribution in [2.75, 3.05) is 25.1 Å². The van der Waals surface area contributed by atoms with E-state index < -0.39 is 0 Å². The molecule has 0 atom stereocenters. The van der Waals surface area contributed by atoms with Gasteiger partial charge in [0.15, 0.2) is 18.2 Å². The van der Waals surface area contributed by atoms with E-state index in [1.165, 1.54) is 0 Å². The number of aromatic nitrogens is 1. The molecule has 2 rings (SSSR count). The van der Waals surface area contributed by atoms with Crippen molar-refractivity contribution in [2.24, 2.45) is 0 Å². The Morgan fingerprint density at radius 1 is 1.47 bits per heavy atom. The van der Waals surface area contributed by atoms with Crippen LogP contribution in [0.15, 0.2) is 12.1 Å². The largest absolute Gasteiger partial charge is 0.480 e. The van der Waals surface area contributed by atoms with E-state index in [2.05, 4.69) is 10.3 Å². The average molecular weight is 238 g/mol. The fraction of sp³-hybridized carbons (Fsp3) is 0.455. The van der Waals surface area contributed by atoms with Gasteiger partial charge in [-0.25, -0.2) is 0 Å². The normalized spacial score (nSPS) is 13.6. The second-order valence-electron chi connectivity index (χ2n) is 3.61. The number of nitrogens with one attached hydrogen (secondary N) is 1. The topological polar surface area (TPSA) is 80.7 Å². The van der Waals surface area contributed by atoms with Crippen LogP contribution in [0.25, 0.3) is 0 Å². The number of carbonyl (C=O) groups excluding carboxylic acids is 1. The Morgan fingerprint density at radius 3 is 3.18 bits per heavy atom. The maximum absolute atomic E-state index is 11.1. The summed E-state index contributed by atoms with van der Waals surface area (Å²) in [5, 5.41) is 11.2. The van der Waals surface area contributed by atoms with E-state index >= 15 is 0 Å².